The summed E-state index contributed by atoms with van der Waals surface area (Å²) in [5, 5.41) is 22.6. The lowest BCUT2D eigenvalue weighted by Crippen LogP contribution is -2.53. The van der Waals surface area contributed by atoms with Gasteiger partial charge in [0.1, 0.15) is 24.8 Å². The van der Waals surface area contributed by atoms with Gasteiger partial charge in [0.2, 0.25) is 6.61 Å². The number of carbonyl (C=O) groups is 3. The van der Waals surface area contributed by atoms with E-state index in [2.05, 4.69) is 5.16 Å². The van der Waals surface area contributed by atoms with Gasteiger partial charge in [0.15, 0.2) is 23.5 Å². The quantitative estimate of drug-likeness (QED) is 0.103. The van der Waals surface area contributed by atoms with Crippen molar-refractivity contribution in [1.82, 2.24) is 0 Å². The normalized spacial score (nSPS) is 20.8. The minimum Gasteiger partial charge on any atom is -0.459 e. The highest BCUT2D eigenvalue weighted by atomic mass is 16.7. The number of ether oxygens (including phenoxy) is 4. The highest BCUT2D eigenvalue weighted by molar-refractivity contribution is 6.03. The van der Waals surface area contributed by atoms with Crippen LogP contribution in [0.3, 0.4) is 0 Å². The van der Waals surface area contributed by atoms with E-state index in [0.717, 1.165) is 16.7 Å². The average Bonchev–Trinajstić information content (AvgIpc) is 3.29. The smallest absolute Gasteiger partial charge is 0.338 e. The molecule has 0 amide bonds. The van der Waals surface area contributed by atoms with Gasteiger partial charge in [-0.2, -0.15) is 10.5 Å². The van der Waals surface area contributed by atoms with Crippen molar-refractivity contribution < 1.29 is 38.2 Å². The zero-order valence-corrected chi connectivity index (χ0v) is 25.2. The summed E-state index contributed by atoms with van der Waals surface area (Å²) in [5.74, 6) is -2.24. The predicted molar refractivity (Wildman–Crippen MR) is 160 cm³/mol. The Balaban J connectivity index is 1.73. The van der Waals surface area contributed by atoms with Gasteiger partial charge in [-0.15, -0.1) is 0 Å². The molecular weight excluding hydrogens is 578 g/mol. The number of carbonyl (C=O) groups excluding carboxylic acids is 3. The highest BCUT2D eigenvalue weighted by Crippen LogP contribution is 2.39. The third-order valence-electron chi connectivity index (χ3n) is 7.18. The maximum atomic E-state index is 13.5. The van der Waals surface area contributed by atoms with Crippen molar-refractivity contribution in [3.05, 3.63) is 106 Å². The molecule has 11 nitrogen and oxygen atoms in total. The molecule has 45 heavy (non-hydrogen) atoms. The Hall–Kier alpha value is -5.52. The third kappa shape index (κ3) is 7.71. The van der Waals surface area contributed by atoms with Crippen LogP contribution in [-0.4, -0.2) is 60.7 Å². The summed E-state index contributed by atoms with van der Waals surface area (Å²) in [6.45, 7) is 6.11. The second-order valence-corrected chi connectivity index (χ2v) is 10.7. The van der Waals surface area contributed by atoms with Crippen LogP contribution in [0, 0.1) is 43.4 Å². The Labute approximate surface area is 260 Å². The maximum Gasteiger partial charge on any atom is 0.338 e. The van der Waals surface area contributed by atoms with E-state index in [1.807, 2.05) is 26.8 Å². The van der Waals surface area contributed by atoms with Gasteiger partial charge < -0.3 is 23.8 Å². The summed E-state index contributed by atoms with van der Waals surface area (Å²) in [5.41, 5.74) is 1.18. The fourth-order valence-electron chi connectivity index (χ4n) is 4.68. The van der Waals surface area contributed by atoms with Crippen LogP contribution in [0.2, 0.25) is 0 Å². The monoisotopic (exact) mass is 609 g/mol. The van der Waals surface area contributed by atoms with E-state index < -0.39 is 60.7 Å². The SMILES string of the molecule is Cc1ccc(C(=O)OCC2O[C@H](C(C#N)=NOCC#N)[C@](C)(OC(=O)c3ccc(C)cc3)[C@@H]2OC(=O)c2ccc(C)cc2)cc1. The lowest BCUT2D eigenvalue weighted by Gasteiger charge is -2.33. The summed E-state index contributed by atoms with van der Waals surface area (Å²) in [6, 6.07) is 23.5. The van der Waals surface area contributed by atoms with Crippen molar-refractivity contribution in [2.75, 3.05) is 13.2 Å². The molecule has 1 heterocycles. The standard InChI is InChI=1S/C34H31N3O8/c1-21-5-11-24(12-6-21)31(38)41-20-28-30(44-32(39)25-13-7-22(2)8-14-25)34(4,29(43-28)27(19-36)37-42-18-17-35)45-33(40)26-15-9-23(3)10-16-26/h5-16,28-30H,18,20H2,1-4H3/t28?,29-,30-,34+/m1/s1. The topological polar surface area (TPSA) is 157 Å². The molecule has 3 aromatic carbocycles. The number of oxime groups is 1. The molecule has 0 spiro atoms. The van der Waals surface area contributed by atoms with Gasteiger partial charge in [0.05, 0.1) is 16.7 Å². The number of nitrogens with zero attached hydrogens (tertiary/aromatic N) is 3. The molecule has 0 N–H and O–H groups in total. The van der Waals surface area contributed by atoms with Crippen molar-refractivity contribution in [2.24, 2.45) is 5.16 Å². The van der Waals surface area contributed by atoms with E-state index >= 15 is 0 Å². The summed E-state index contributed by atoms with van der Waals surface area (Å²) in [4.78, 5) is 44.7. The van der Waals surface area contributed by atoms with Crippen LogP contribution in [0.1, 0.15) is 54.7 Å². The molecule has 0 radical (unpaired) electrons. The Morgan fingerprint density at radius 3 is 1.78 bits per heavy atom. The highest BCUT2D eigenvalue weighted by Gasteiger charge is 2.61. The molecule has 1 saturated heterocycles. The Kier molecular flexibility index (Phi) is 10.3. The number of benzene rings is 3. The molecule has 0 aromatic heterocycles. The van der Waals surface area contributed by atoms with Crippen molar-refractivity contribution in [3.63, 3.8) is 0 Å². The van der Waals surface area contributed by atoms with Gasteiger partial charge in [-0.1, -0.05) is 58.2 Å². The summed E-state index contributed by atoms with van der Waals surface area (Å²) in [6.07, 6.45) is -4.07. The van der Waals surface area contributed by atoms with E-state index in [4.69, 9.17) is 29.0 Å². The fraction of sp³-hybridized carbons (Fsp3) is 0.294. The largest absolute Gasteiger partial charge is 0.459 e. The lowest BCUT2D eigenvalue weighted by atomic mass is 9.89. The number of aryl methyl sites for hydroxylation is 3. The van der Waals surface area contributed by atoms with Crippen LogP contribution >= 0.6 is 0 Å². The Morgan fingerprint density at radius 2 is 1.29 bits per heavy atom. The van der Waals surface area contributed by atoms with E-state index in [-0.39, 0.29) is 16.7 Å². The molecule has 11 heteroatoms. The van der Waals surface area contributed by atoms with Crippen LogP contribution < -0.4 is 0 Å². The van der Waals surface area contributed by atoms with Gasteiger partial charge in [-0.05, 0) is 64.1 Å². The molecule has 230 valence electrons. The molecule has 4 rings (SSSR count). The van der Waals surface area contributed by atoms with E-state index in [9.17, 15) is 19.6 Å². The molecular formula is C34H31N3O8. The first-order chi connectivity index (χ1) is 21.5. The molecule has 0 bridgehead atoms. The molecule has 1 fully saturated rings. The molecule has 3 aromatic rings. The van der Waals surface area contributed by atoms with Gasteiger partial charge in [-0.25, -0.2) is 14.4 Å². The first-order valence-electron chi connectivity index (χ1n) is 14.0. The Morgan fingerprint density at radius 1 is 0.800 bits per heavy atom. The van der Waals surface area contributed by atoms with E-state index in [0.29, 0.717) is 0 Å². The zero-order chi connectivity index (χ0) is 32.6. The van der Waals surface area contributed by atoms with Crippen LogP contribution in [0.4, 0.5) is 0 Å². The molecule has 0 aliphatic carbocycles. The second-order valence-electron chi connectivity index (χ2n) is 10.7. The molecule has 1 aliphatic heterocycles. The summed E-state index contributed by atoms with van der Waals surface area (Å²) >= 11 is 0. The number of nitriles is 2. The van der Waals surface area contributed by atoms with Crippen LogP contribution in [-0.2, 0) is 23.8 Å². The zero-order valence-electron chi connectivity index (χ0n) is 25.2. The van der Waals surface area contributed by atoms with E-state index in [1.165, 1.54) is 6.92 Å². The number of hydrogen-bond donors (Lipinski definition) is 0. The number of hydrogen-bond acceptors (Lipinski definition) is 11. The lowest BCUT2D eigenvalue weighted by molar-refractivity contribution is -0.0794. The van der Waals surface area contributed by atoms with Crippen molar-refractivity contribution in [3.8, 4) is 12.1 Å². The molecule has 4 atom stereocenters. The van der Waals surface area contributed by atoms with Crippen molar-refractivity contribution in [2.45, 2.75) is 51.6 Å². The molecule has 1 unspecified atom stereocenters. The first-order valence-corrected chi connectivity index (χ1v) is 14.0. The number of rotatable bonds is 10. The van der Waals surface area contributed by atoms with Crippen molar-refractivity contribution >= 4 is 23.6 Å². The van der Waals surface area contributed by atoms with Gasteiger partial charge in [0.25, 0.3) is 0 Å². The first kappa shape index (κ1) is 32.4. The maximum absolute atomic E-state index is 13.5. The van der Waals surface area contributed by atoms with Crippen molar-refractivity contribution in [1.29, 1.82) is 10.5 Å². The molecule has 1 aliphatic rings. The predicted octanol–water partition coefficient (Wildman–Crippen LogP) is 4.80. The number of esters is 3. The fourth-order valence-corrected chi connectivity index (χ4v) is 4.68. The minimum atomic E-state index is -1.88. The second kappa shape index (κ2) is 14.3. The Bertz CT molecular complexity index is 1650. The van der Waals surface area contributed by atoms with E-state index in [1.54, 1.807) is 78.9 Å². The van der Waals surface area contributed by atoms with Gasteiger partial charge in [0, 0.05) is 0 Å². The van der Waals surface area contributed by atoms with Crippen LogP contribution in [0.15, 0.2) is 78.0 Å². The average molecular weight is 610 g/mol. The van der Waals surface area contributed by atoms with Crippen LogP contribution in [0.25, 0.3) is 0 Å². The summed E-state index contributed by atoms with van der Waals surface area (Å²) in [7, 11) is 0. The van der Waals surface area contributed by atoms with Gasteiger partial charge in [-0.3, -0.25) is 0 Å². The minimum absolute atomic E-state index is 0.189. The molecule has 0 saturated carbocycles. The van der Waals surface area contributed by atoms with Crippen LogP contribution in [0.5, 0.6) is 0 Å². The van der Waals surface area contributed by atoms with Gasteiger partial charge >= 0.3 is 17.9 Å². The summed E-state index contributed by atoms with van der Waals surface area (Å²) < 4.78 is 23.6. The third-order valence-corrected chi connectivity index (χ3v) is 7.18.